The van der Waals surface area contributed by atoms with E-state index in [0.29, 0.717) is 5.69 Å². The van der Waals surface area contributed by atoms with Gasteiger partial charge in [-0.05, 0) is 48.7 Å². The number of hydrogen-bond acceptors (Lipinski definition) is 3. The third-order valence-corrected chi connectivity index (χ3v) is 6.24. The fraction of sp³-hybridized carbons (Fsp3) is 0.316. The van der Waals surface area contributed by atoms with E-state index in [-0.39, 0.29) is 33.3 Å². The van der Waals surface area contributed by atoms with Crippen LogP contribution in [-0.2, 0) is 21.2 Å². The summed E-state index contributed by atoms with van der Waals surface area (Å²) >= 11 is 11.7. The Balaban J connectivity index is 2.04. The maximum Gasteiger partial charge on any atom is 0.261 e. The zero-order valence-electron chi connectivity index (χ0n) is 15.1. The lowest BCUT2D eigenvalue weighted by molar-refractivity contribution is -0.121. The Bertz CT molecular complexity index is 896. The van der Waals surface area contributed by atoms with Gasteiger partial charge in [-0.2, -0.15) is 0 Å². The normalized spacial score (nSPS) is 11.4. The first-order valence-corrected chi connectivity index (χ1v) is 10.8. The summed E-state index contributed by atoms with van der Waals surface area (Å²) in [6.07, 6.45) is 2.02. The monoisotopic (exact) mass is 428 g/mol. The minimum absolute atomic E-state index is 0.0190. The van der Waals surface area contributed by atoms with Crippen LogP contribution in [0.25, 0.3) is 0 Å². The highest BCUT2D eigenvalue weighted by Crippen LogP contribution is 2.26. The summed E-state index contributed by atoms with van der Waals surface area (Å²) in [5.74, 6) is -0.0483. The van der Waals surface area contributed by atoms with Crippen molar-refractivity contribution < 1.29 is 13.2 Å². The average Bonchev–Trinajstić information content (AvgIpc) is 2.63. The van der Waals surface area contributed by atoms with Crippen molar-refractivity contribution in [1.29, 1.82) is 0 Å². The Morgan fingerprint density at radius 2 is 1.63 bits per heavy atom. The number of hydrogen-bond donors (Lipinski definition) is 2. The van der Waals surface area contributed by atoms with E-state index < -0.39 is 10.0 Å². The van der Waals surface area contributed by atoms with Crippen molar-refractivity contribution in [2.45, 2.75) is 44.0 Å². The Morgan fingerprint density at radius 1 is 1.00 bits per heavy atom. The molecule has 0 spiro atoms. The lowest BCUT2D eigenvalue weighted by Crippen LogP contribution is -2.34. The highest BCUT2D eigenvalue weighted by molar-refractivity contribution is 7.92. The number of rotatable bonds is 8. The van der Waals surface area contributed by atoms with E-state index >= 15 is 0 Å². The first kappa shape index (κ1) is 21.5. The summed E-state index contributed by atoms with van der Waals surface area (Å²) in [6.45, 7) is 4.06. The molecule has 1 amide bonds. The molecule has 8 heteroatoms. The quantitative estimate of drug-likeness (QED) is 0.642. The number of amides is 1. The number of halogens is 2. The molecule has 5 nitrogen and oxygen atoms in total. The van der Waals surface area contributed by atoms with Gasteiger partial charge in [-0.3, -0.25) is 9.52 Å². The molecule has 0 bridgehead atoms. The molecule has 0 saturated carbocycles. The molecule has 0 aliphatic carbocycles. The molecule has 27 heavy (non-hydrogen) atoms. The number of sulfonamides is 1. The first-order chi connectivity index (χ1) is 12.7. The van der Waals surface area contributed by atoms with E-state index in [1.54, 1.807) is 24.3 Å². The summed E-state index contributed by atoms with van der Waals surface area (Å²) in [5.41, 5.74) is 1.20. The zero-order valence-corrected chi connectivity index (χ0v) is 17.5. The van der Waals surface area contributed by atoms with Crippen LogP contribution in [0.15, 0.2) is 47.4 Å². The topological polar surface area (TPSA) is 75.3 Å². The third-order valence-electron chi connectivity index (χ3n) is 4.12. The van der Waals surface area contributed by atoms with E-state index in [1.807, 2.05) is 13.8 Å². The minimum atomic E-state index is -3.78. The standard InChI is InChI=1S/C19H22Cl2N2O3S/c1-3-14(4-2)22-19(24)11-13-5-7-15(8-6-13)23-27(25,26)16-9-10-17(20)18(21)12-16/h5-10,12,14,23H,3-4,11H2,1-2H3,(H,22,24). The van der Waals surface area contributed by atoms with Crippen LogP contribution in [0.2, 0.25) is 10.0 Å². The Kier molecular flexibility index (Phi) is 7.53. The Morgan fingerprint density at radius 3 is 2.19 bits per heavy atom. The van der Waals surface area contributed by atoms with Gasteiger partial charge >= 0.3 is 0 Å². The van der Waals surface area contributed by atoms with Gasteiger partial charge in [0.2, 0.25) is 5.91 Å². The molecule has 0 saturated heterocycles. The number of carbonyl (C=O) groups is 1. The van der Waals surface area contributed by atoms with Crippen molar-refractivity contribution in [3.63, 3.8) is 0 Å². The largest absolute Gasteiger partial charge is 0.353 e. The van der Waals surface area contributed by atoms with Crippen LogP contribution < -0.4 is 10.0 Å². The highest BCUT2D eigenvalue weighted by atomic mass is 35.5. The number of anilines is 1. The number of nitrogens with one attached hydrogen (secondary N) is 2. The van der Waals surface area contributed by atoms with Gasteiger partial charge in [-0.1, -0.05) is 49.2 Å². The van der Waals surface area contributed by atoms with Gasteiger partial charge in [0.15, 0.2) is 0 Å². The molecule has 0 fully saturated rings. The van der Waals surface area contributed by atoms with Crippen molar-refractivity contribution in [2.75, 3.05) is 4.72 Å². The smallest absolute Gasteiger partial charge is 0.261 e. The fourth-order valence-electron chi connectivity index (χ4n) is 2.51. The summed E-state index contributed by atoms with van der Waals surface area (Å²) < 4.78 is 27.4. The second kappa shape index (κ2) is 9.44. The van der Waals surface area contributed by atoms with Crippen LogP contribution in [0.4, 0.5) is 5.69 Å². The maximum atomic E-state index is 12.4. The van der Waals surface area contributed by atoms with Crippen molar-refractivity contribution in [3.8, 4) is 0 Å². The van der Waals surface area contributed by atoms with Crippen molar-refractivity contribution >= 4 is 44.8 Å². The van der Waals surface area contributed by atoms with Crippen LogP contribution in [0, 0.1) is 0 Å². The molecule has 0 aliphatic rings. The molecule has 2 N–H and O–H groups in total. The van der Waals surface area contributed by atoms with E-state index in [0.717, 1.165) is 18.4 Å². The van der Waals surface area contributed by atoms with Crippen LogP contribution in [0.3, 0.4) is 0 Å². The minimum Gasteiger partial charge on any atom is -0.353 e. The molecule has 0 radical (unpaired) electrons. The van der Waals surface area contributed by atoms with E-state index in [1.165, 1.54) is 18.2 Å². The fourth-order valence-corrected chi connectivity index (χ4v) is 3.95. The molecule has 0 atom stereocenters. The summed E-state index contributed by atoms with van der Waals surface area (Å²) in [7, 11) is -3.78. The predicted octanol–water partition coefficient (Wildman–Crippen LogP) is 4.64. The molecule has 2 aromatic carbocycles. The zero-order chi connectivity index (χ0) is 20.0. The molecule has 2 rings (SSSR count). The average molecular weight is 429 g/mol. The van der Waals surface area contributed by atoms with Gasteiger partial charge in [0.05, 0.1) is 21.4 Å². The molecule has 0 unspecified atom stereocenters. The van der Waals surface area contributed by atoms with E-state index in [4.69, 9.17) is 23.2 Å². The van der Waals surface area contributed by atoms with Crippen LogP contribution in [0.5, 0.6) is 0 Å². The molecule has 0 aliphatic heterocycles. The van der Waals surface area contributed by atoms with Gasteiger partial charge in [0, 0.05) is 11.7 Å². The third kappa shape index (κ3) is 6.13. The van der Waals surface area contributed by atoms with Gasteiger partial charge in [0.25, 0.3) is 10.0 Å². The SMILES string of the molecule is CCC(CC)NC(=O)Cc1ccc(NS(=O)(=O)c2ccc(Cl)c(Cl)c2)cc1. The second-order valence-corrected chi connectivity index (χ2v) is 8.63. The second-order valence-electron chi connectivity index (χ2n) is 6.14. The Labute approximate surface area is 170 Å². The van der Waals surface area contributed by atoms with Crippen LogP contribution in [-0.4, -0.2) is 20.4 Å². The maximum absolute atomic E-state index is 12.4. The van der Waals surface area contributed by atoms with Crippen molar-refractivity contribution in [3.05, 3.63) is 58.1 Å². The highest BCUT2D eigenvalue weighted by Gasteiger charge is 2.16. The lowest BCUT2D eigenvalue weighted by Gasteiger charge is -2.14. The van der Waals surface area contributed by atoms with Gasteiger partial charge < -0.3 is 5.32 Å². The summed E-state index contributed by atoms with van der Waals surface area (Å²) in [4.78, 5) is 12.1. The van der Waals surface area contributed by atoms with Crippen molar-refractivity contribution in [1.82, 2.24) is 5.32 Å². The lowest BCUT2D eigenvalue weighted by atomic mass is 10.1. The van der Waals surface area contributed by atoms with Gasteiger partial charge in [-0.25, -0.2) is 8.42 Å². The van der Waals surface area contributed by atoms with Crippen molar-refractivity contribution in [2.24, 2.45) is 0 Å². The molecular formula is C19H22Cl2N2O3S. The number of carbonyl (C=O) groups excluding carboxylic acids is 1. The number of benzene rings is 2. The molecule has 2 aromatic rings. The first-order valence-electron chi connectivity index (χ1n) is 8.61. The van der Waals surface area contributed by atoms with Crippen LogP contribution in [0.1, 0.15) is 32.3 Å². The molecule has 0 aromatic heterocycles. The predicted molar refractivity (Wildman–Crippen MR) is 110 cm³/mol. The van der Waals surface area contributed by atoms with Gasteiger partial charge in [-0.15, -0.1) is 0 Å². The molecular weight excluding hydrogens is 407 g/mol. The molecule has 0 heterocycles. The van der Waals surface area contributed by atoms with E-state index in [9.17, 15) is 13.2 Å². The summed E-state index contributed by atoms with van der Waals surface area (Å²) in [5, 5.41) is 3.42. The van der Waals surface area contributed by atoms with Crippen LogP contribution >= 0.6 is 23.2 Å². The Hall–Kier alpha value is -1.76. The van der Waals surface area contributed by atoms with E-state index in [2.05, 4.69) is 10.0 Å². The summed E-state index contributed by atoms with van der Waals surface area (Å²) in [6, 6.07) is 11.0. The molecule has 146 valence electrons. The van der Waals surface area contributed by atoms with Gasteiger partial charge in [0.1, 0.15) is 0 Å².